The molecule has 0 radical (unpaired) electrons. The van der Waals surface area contributed by atoms with Gasteiger partial charge in [-0.15, -0.1) is 0 Å². The van der Waals surface area contributed by atoms with Gasteiger partial charge in [0.25, 0.3) is 4.51 Å². The first-order chi connectivity index (χ1) is 6.39. The van der Waals surface area contributed by atoms with E-state index < -0.39 is 0 Å². The summed E-state index contributed by atoms with van der Waals surface area (Å²) in [7, 11) is 0. The molecule has 0 aliphatic carbocycles. The van der Waals surface area contributed by atoms with Crippen LogP contribution in [-0.2, 0) is 5.41 Å². The normalized spacial score (nSPS) is 11.1. The Morgan fingerprint density at radius 3 is 2.21 bits per heavy atom. The Morgan fingerprint density at radius 1 is 1.36 bits per heavy atom. The maximum atomic E-state index is 5.40. The van der Waals surface area contributed by atoms with Gasteiger partial charge in [0.15, 0.2) is 5.75 Å². The molecule has 0 aromatic carbocycles. The van der Waals surface area contributed by atoms with Gasteiger partial charge >= 0.3 is 0 Å². The topological polar surface area (TPSA) is 35.0 Å². The number of nitrogens with zero attached hydrogens (tertiary/aromatic N) is 2. The summed E-state index contributed by atoms with van der Waals surface area (Å²) in [5, 5.41) is 0. The highest BCUT2D eigenvalue weighted by molar-refractivity contribution is 7.82. The molecular formula is C9H11ClN2OS. The first-order valence-electron chi connectivity index (χ1n) is 4.09. The van der Waals surface area contributed by atoms with Gasteiger partial charge in [0.2, 0.25) is 0 Å². The summed E-state index contributed by atoms with van der Waals surface area (Å²) in [6.45, 7) is 6.11. The predicted octanol–water partition coefficient (Wildman–Crippen LogP) is 2.68. The summed E-state index contributed by atoms with van der Waals surface area (Å²) in [5.74, 6) is 1.21. The van der Waals surface area contributed by atoms with Crippen molar-refractivity contribution in [2.75, 3.05) is 0 Å². The van der Waals surface area contributed by atoms with Crippen LogP contribution < -0.4 is 4.74 Å². The van der Waals surface area contributed by atoms with Crippen LogP contribution in [0.5, 0.6) is 5.75 Å². The molecule has 0 bridgehead atoms. The lowest BCUT2D eigenvalue weighted by atomic mass is 9.96. The molecule has 5 heteroatoms. The van der Waals surface area contributed by atoms with Crippen LogP contribution in [-0.4, -0.2) is 14.5 Å². The molecule has 76 valence electrons. The first kappa shape index (κ1) is 11.3. The van der Waals surface area contributed by atoms with Crippen molar-refractivity contribution < 1.29 is 4.74 Å². The van der Waals surface area contributed by atoms with Crippen molar-refractivity contribution in [2.24, 2.45) is 0 Å². The van der Waals surface area contributed by atoms with Crippen LogP contribution in [0.25, 0.3) is 0 Å². The first-order valence-corrected chi connectivity index (χ1v) is 4.88. The van der Waals surface area contributed by atoms with Gasteiger partial charge in [-0.2, -0.15) is 0 Å². The average Bonchev–Trinajstić information content (AvgIpc) is 2.02. The molecule has 0 saturated carbocycles. The molecule has 0 aliphatic heterocycles. The summed E-state index contributed by atoms with van der Waals surface area (Å²) in [6.07, 6.45) is 3.12. The molecule has 0 atom stereocenters. The average molecular weight is 231 g/mol. The van der Waals surface area contributed by atoms with Crippen molar-refractivity contribution in [1.29, 1.82) is 0 Å². The van der Waals surface area contributed by atoms with Crippen LogP contribution in [0.1, 0.15) is 26.6 Å². The molecule has 1 aromatic heterocycles. The molecule has 1 heterocycles. The third kappa shape index (κ3) is 3.20. The van der Waals surface area contributed by atoms with E-state index in [4.69, 9.17) is 16.3 Å². The van der Waals surface area contributed by atoms with Crippen LogP contribution >= 0.6 is 23.8 Å². The summed E-state index contributed by atoms with van der Waals surface area (Å²) >= 11 is 9.97. The largest absolute Gasteiger partial charge is 0.432 e. The quantitative estimate of drug-likeness (QED) is 0.549. The highest BCUT2D eigenvalue weighted by Crippen LogP contribution is 2.19. The lowest BCUT2D eigenvalue weighted by molar-refractivity contribution is 0.527. The predicted molar refractivity (Wildman–Crippen MR) is 59.8 cm³/mol. The van der Waals surface area contributed by atoms with Crippen molar-refractivity contribution in [3.63, 3.8) is 0 Å². The molecule has 1 rings (SSSR count). The number of aromatic nitrogens is 2. The molecule has 1 aromatic rings. The molecule has 0 amide bonds. The van der Waals surface area contributed by atoms with Gasteiger partial charge < -0.3 is 4.74 Å². The van der Waals surface area contributed by atoms with Crippen LogP contribution in [0.4, 0.5) is 0 Å². The lowest BCUT2D eigenvalue weighted by Gasteiger charge is -2.15. The van der Waals surface area contributed by atoms with Gasteiger partial charge in [0.1, 0.15) is 5.82 Å². The van der Waals surface area contributed by atoms with Crippen molar-refractivity contribution in [2.45, 2.75) is 26.2 Å². The molecule has 0 saturated heterocycles. The van der Waals surface area contributed by atoms with E-state index >= 15 is 0 Å². The molecular weight excluding hydrogens is 220 g/mol. The second-order valence-corrected chi connectivity index (χ2v) is 4.77. The SMILES string of the molecule is CC(C)(C)c1ncc(OC(=S)Cl)cn1. The molecule has 0 N–H and O–H groups in total. The fraction of sp³-hybridized carbons (Fsp3) is 0.444. The van der Waals surface area contributed by atoms with Crippen LogP contribution in [0, 0.1) is 0 Å². The third-order valence-electron chi connectivity index (χ3n) is 1.50. The summed E-state index contributed by atoms with van der Waals surface area (Å²) < 4.78 is 4.90. The zero-order valence-electron chi connectivity index (χ0n) is 8.24. The zero-order valence-corrected chi connectivity index (χ0v) is 9.82. The van der Waals surface area contributed by atoms with Gasteiger partial charge in [0, 0.05) is 5.41 Å². The van der Waals surface area contributed by atoms with Gasteiger partial charge in [-0.3, -0.25) is 0 Å². The second kappa shape index (κ2) is 4.19. The minimum atomic E-state index is -0.0694. The molecule has 14 heavy (non-hydrogen) atoms. The van der Waals surface area contributed by atoms with E-state index in [2.05, 4.69) is 22.2 Å². The Balaban J connectivity index is 2.84. The molecule has 0 spiro atoms. The Kier molecular flexibility index (Phi) is 3.39. The van der Waals surface area contributed by atoms with E-state index in [1.54, 1.807) is 12.4 Å². The van der Waals surface area contributed by atoms with E-state index in [-0.39, 0.29) is 9.92 Å². The molecule has 0 fully saturated rings. The zero-order chi connectivity index (χ0) is 10.8. The summed E-state index contributed by atoms with van der Waals surface area (Å²) in [6, 6.07) is 0. The molecule has 3 nitrogen and oxygen atoms in total. The van der Waals surface area contributed by atoms with E-state index in [1.807, 2.05) is 20.8 Å². The van der Waals surface area contributed by atoms with Crippen molar-refractivity contribution in [3.05, 3.63) is 18.2 Å². The third-order valence-corrected chi connectivity index (χ3v) is 1.66. The van der Waals surface area contributed by atoms with Crippen LogP contribution in [0.2, 0.25) is 0 Å². The van der Waals surface area contributed by atoms with Gasteiger partial charge in [-0.1, -0.05) is 20.8 Å². The molecule has 0 aliphatic rings. The Hall–Kier alpha value is -0.740. The number of hydrogen-bond donors (Lipinski definition) is 0. The number of ether oxygens (including phenoxy) is 1. The monoisotopic (exact) mass is 230 g/mol. The minimum absolute atomic E-state index is 0.0582. The van der Waals surface area contributed by atoms with Crippen molar-refractivity contribution in [3.8, 4) is 5.75 Å². The highest BCUT2D eigenvalue weighted by atomic mass is 35.5. The standard InChI is InChI=1S/C9H11ClN2OS/c1-9(2,3)7-11-4-6(5-12-7)13-8(10)14/h4-5H,1-3H3. The maximum absolute atomic E-state index is 5.40. The highest BCUT2D eigenvalue weighted by Gasteiger charge is 2.16. The summed E-state index contributed by atoms with van der Waals surface area (Å²) in [5.41, 5.74) is -0.0694. The Morgan fingerprint density at radius 2 is 1.86 bits per heavy atom. The van der Waals surface area contributed by atoms with Gasteiger partial charge in [-0.05, 0) is 23.8 Å². The van der Waals surface area contributed by atoms with Crippen molar-refractivity contribution in [1.82, 2.24) is 9.97 Å². The maximum Gasteiger partial charge on any atom is 0.261 e. The fourth-order valence-corrected chi connectivity index (χ4v) is 1.03. The van der Waals surface area contributed by atoms with Gasteiger partial charge in [0.05, 0.1) is 12.4 Å². The fourth-order valence-electron chi connectivity index (χ4n) is 0.849. The minimum Gasteiger partial charge on any atom is -0.432 e. The Bertz CT molecular complexity index is 332. The van der Waals surface area contributed by atoms with Crippen LogP contribution in [0.3, 0.4) is 0 Å². The van der Waals surface area contributed by atoms with E-state index in [0.717, 1.165) is 5.82 Å². The van der Waals surface area contributed by atoms with E-state index in [9.17, 15) is 0 Å². The van der Waals surface area contributed by atoms with E-state index in [0.29, 0.717) is 5.75 Å². The Labute approximate surface area is 93.5 Å². The lowest BCUT2D eigenvalue weighted by Crippen LogP contribution is -2.15. The number of rotatable bonds is 1. The van der Waals surface area contributed by atoms with Crippen LogP contribution in [0.15, 0.2) is 12.4 Å². The number of hydrogen-bond acceptors (Lipinski definition) is 4. The smallest absolute Gasteiger partial charge is 0.261 e. The summed E-state index contributed by atoms with van der Waals surface area (Å²) in [4.78, 5) is 8.30. The second-order valence-electron chi connectivity index (χ2n) is 3.83. The van der Waals surface area contributed by atoms with Gasteiger partial charge in [-0.25, -0.2) is 9.97 Å². The van der Waals surface area contributed by atoms with E-state index in [1.165, 1.54) is 0 Å². The number of halogens is 1. The van der Waals surface area contributed by atoms with Crippen molar-refractivity contribution >= 4 is 28.3 Å². The molecule has 0 unspecified atom stereocenters. The number of thiocarbonyl (C=S) groups is 1.